The molecule has 0 bridgehead atoms. The standard InChI is InChI=1S/C22H24N2O4/c1-15-7-10-18-5-3-4-6-20(18)24(15)21(26)14-28-22(27)19-11-8-17(9-12-19)13-23-16(2)25/h3-6,8-9,11-12,15H,7,10,13-14H2,1-2H3,(H,23,25). The molecule has 0 aliphatic carbocycles. The predicted octanol–water partition coefficient (Wildman–Crippen LogP) is 2.85. The molecule has 1 aliphatic rings. The number of ether oxygens (including phenoxy) is 1. The van der Waals surface area contributed by atoms with Gasteiger partial charge in [0, 0.05) is 25.2 Å². The highest BCUT2D eigenvalue weighted by Gasteiger charge is 2.28. The Bertz CT molecular complexity index is 876. The van der Waals surface area contributed by atoms with Gasteiger partial charge in [-0.05, 0) is 49.1 Å². The number of nitrogens with one attached hydrogen (secondary N) is 1. The summed E-state index contributed by atoms with van der Waals surface area (Å²) in [6.45, 7) is 3.55. The largest absolute Gasteiger partial charge is 0.452 e. The Labute approximate surface area is 164 Å². The number of rotatable bonds is 5. The second-order valence-electron chi connectivity index (χ2n) is 6.96. The first-order valence-corrected chi connectivity index (χ1v) is 9.36. The monoisotopic (exact) mass is 380 g/mol. The normalized spacial score (nSPS) is 15.5. The lowest BCUT2D eigenvalue weighted by atomic mass is 9.96. The fourth-order valence-electron chi connectivity index (χ4n) is 3.33. The van der Waals surface area contributed by atoms with Gasteiger partial charge in [-0.25, -0.2) is 4.79 Å². The molecule has 1 aliphatic heterocycles. The first kappa shape index (κ1) is 19.6. The summed E-state index contributed by atoms with van der Waals surface area (Å²) in [7, 11) is 0. The smallest absolute Gasteiger partial charge is 0.338 e. The number of carbonyl (C=O) groups is 3. The van der Waals surface area contributed by atoms with Crippen molar-refractivity contribution in [2.24, 2.45) is 0 Å². The summed E-state index contributed by atoms with van der Waals surface area (Å²) in [5.41, 5.74) is 3.27. The number of aryl methyl sites for hydroxylation is 1. The minimum absolute atomic E-state index is 0.0640. The third-order valence-corrected chi connectivity index (χ3v) is 4.85. The van der Waals surface area contributed by atoms with E-state index in [1.807, 2.05) is 31.2 Å². The summed E-state index contributed by atoms with van der Waals surface area (Å²) in [4.78, 5) is 37.7. The highest BCUT2D eigenvalue weighted by atomic mass is 16.5. The maximum atomic E-state index is 12.7. The number of benzene rings is 2. The molecule has 0 saturated heterocycles. The fraction of sp³-hybridized carbons (Fsp3) is 0.318. The minimum atomic E-state index is -0.544. The molecular formula is C22H24N2O4. The van der Waals surface area contributed by atoms with E-state index < -0.39 is 5.97 Å². The summed E-state index contributed by atoms with van der Waals surface area (Å²) in [6, 6.07) is 14.6. The molecule has 2 aromatic rings. The van der Waals surface area contributed by atoms with Gasteiger partial charge in [-0.2, -0.15) is 0 Å². The highest BCUT2D eigenvalue weighted by molar-refractivity contribution is 5.98. The zero-order chi connectivity index (χ0) is 20.1. The molecular weight excluding hydrogens is 356 g/mol. The van der Waals surface area contributed by atoms with Gasteiger partial charge in [-0.3, -0.25) is 9.59 Å². The lowest BCUT2D eigenvalue weighted by Gasteiger charge is -2.35. The molecule has 6 heteroatoms. The molecule has 1 N–H and O–H groups in total. The van der Waals surface area contributed by atoms with Crippen LogP contribution in [-0.4, -0.2) is 30.4 Å². The number of anilines is 1. The van der Waals surface area contributed by atoms with E-state index >= 15 is 0 Å². The second kappa shape index (κ2) is 8.69. The predicted molar refractivity (Wildman–Crippen MR) is 106 cm³/mol. The van der Waals surface area contributed by atoms with Crippen LogP contribution in [0.1, 0.15) is 41.8 Å². The Kier molecular flexibility index (Phi) is 6.09. The molecule has 28 heavy (non-hydrogen) atoms. The van der Waals surface area contributed by atoms with Gasteiger partial charge in [0.1, 0.15) is 0 Å². The molecule has 2 aromatic carbocycles. The quantitative estimate of drug-likeness (QED) is 0.810. The summed E-state index contributed by atoms with van der Waals surface area (Å²) < 4.78 is 5.24. The number of amides is 2. The van der Waals surface area contributed by atoms with E-state index in [0.717, 1.165) is 29.7 Å². The number of nitrogens with zero attached hydrogens (tertiary/aromatic N) is 1. The van der Waals surface area contributed by atoms with E-state index in [1.54, 1.807) is 29.2 Å². The minimum Gasteiger partial charge on any atom is -0.452 e. The van der Waals surface area contributed by atoms with Crippen LogP contribution in [0.2, 0.25) is 0 Å². The molecule has 1 atom stereocenters. The molecule has 146 valence electrons. The van der Waals surface area contributed by atoms with Gasteiger partial charge in [-0.15, -0.1) is 0 Å². The van der Waals surface area contributed by atoms with E-state index in [-0.39, 0.29) is 24.5 Å². The summed E-state index contributed by atoms with van der Waals surface area (Å²) in [6.07, 6.45) is 1.82. The number of carbonyl (C=O) groups excluding carboxylic acids is 3. The van der Waals surface area contributed by atoms with Crippen molar-refractivity contribution in [2.75, 3.05) is 11.5 Å². The van der Waals surface area contributed by atoms with Crippen molar-refractivity contribution in [1.29, 1.82) is 0 Å². The first-order chi connectivity index (χ1) is 13.5. The SMILES string of the molecule is CC(=O)NCc1ccc(C(=O)OCC(=O)N2c3ccccc3CCC2C)cc1. The Hall–Kier alpha value is -3.15. The molecule has 0 radical (unpaired) electrons. The lowest BCUT2D eigenvalue weighted by molar-refractivity contribution is -0.122. The Morgan fingerprint density at radius 1 is 1.11 bits per heavy atom. The van der Waals surface area contributed by atoms with Crippen LogP contribution < -0.4 is 10.2 Å². The van der Waals surface area contributed by atoms with Crippen LogP contribution in [-0.2, 0) is 27.3 Å². The van der Waals surface area contributed by atoms with Crippen LogP contribution in [0, 0.1) is 0 Å². The fourth-order valence-corrected chi connectivity index (χ4v) is 3.33. The summed E-state index contributed by atoms with van der Waals surface area (Å²) >= 11 is 0. The van der Waals surface area contributed by atoms with Crippen molar-refractivity contribution >= 4 is 23.5 Å². The molecule has 0 fully saturated rings. The number of hydrogen-bond donors (Lipinski definition) is 1. The summed E-state index contributed by atoms with van der Waals surface area (Å²) in [5, 5.41) is 2.69. The summed E-state index contributed by atoms with van der Waals surface area (Å²) in [5.74, 6) is -0.886. The van der Waals surface area contributed by atoms with Gasteiger partial charge in [0.25, 0.3) is 5.91 Å². The van der Waals surface area contributed by atoms with E-state index in [2.05, 4.69) is 5.32 Å². The molecule has 3 rings (SSSR count). The average molecular weight is 380 g/mol. The van der Waals surface area contributed by atoms with Crippen LogP contribution in [0.4, 0.5) is 5.69 Å². The number of para-hydroxylation sites is 1. The van der Waals surface area contributed by atoms with Crippen LogP contribution in [0.5, 0.6) is 0 Å². The molecule has 0 aromatic heterocycles. The Morgan fingerprint density at radius 2 is 1.82 bits per heavy atom. The maximum Gasteiger partial charge on any atom is 0.338 e. The molecule has 0 spiro atoms. The zero-order valence-electron chi connectivity index (χ0n) is 16.1. The van der Waals surface area contributed by atoms with Gasteiger partial charge < -0.3 is 15.0 Å². The Morgan fingerprint density at radius 3 is 2.54 bits per heavy atom. The van der Waals surface area contributed by atoms with E-state index in [0.29, 0.717) is 12.1 Å². The number of hydrogen-bond acceptors (Lipinski definition) is 4. The van der Waals surface area contributed by atoms with Crippen molar-refractivity contribution in [3.8, 4) is 0 Å². The van der Waals surface area contributed by atoms with E-state index in [4.69, 9.17) is 4.74 Å². The van der Waals surface area contributed by atoms with Crippen LogP contribution in [0.15, 0.2) is 48.5 Å². The average Bonchev–Trinajstić information content (AvgIpc) is 2.70. The highest BCUT2D eigenvalue weighted by Crippen LogP contribution is 2.30. The zero-order valence-corrected chi connectivity index (χ0v) is 16.1. The van der Waals surface area contributed by atoms with Crippen molar-refractivity contribution in [3.05, 3.63) is 65.2 Å². The van der Waals surface area contributed by atoms with Crippen molar-refractivity contribution in [2.45, 2.75) is 39.3 Å². The Balaban J connectivity index is 1.60. The number of esters is 1. The van der Waals surface area contributed by atoms with Gasteiger partial charge in [0.15, 0.2) is 6.61 Å². The first-order valence-electron chi connectivity index (χ1n) is 9.36. The molecule has 2 amide bonds. The van der Waals surface area contributed by atoms with Crippen LogP contribution in [0.25, 0.3) is 0 Å². The number of fused-ring (bicyclic) bond motifs is 1. The maximum absolute atomic E-state index is 12.7. The van der Waals surface area contributed by atoms with Crippen molar-refractivity contribution in [3.63, 3.8) is 0 Å². The van der Waals surface area contributed by atoms with Gasteiger partial charge in [0.05, 0.1) is 5.56 Å². The van der Waals surface area contributed by atoms with Gasteiger partial charge >= 0.3 is 5.97 Å². The van der Waals surface area contributed by atoms with Gasteiger partial charge in [-0.1, -0.05) is 30.3 Å². The van der Waals surface area contributed by atoms with Crippen molar-refractivity contribution in [1.82, 2.24) is 5.32 Å². The van der Waals surface area contributed by atoms with E-state index in [9.17, 15) is 14.4 Å². The van der Waals surface area contributed by atoms with Crippen LogP contribution in [0.3, 0.4) is 0 Å². The molecule has 6 nitrogen and oxygen atoms in total. The topological polar surface area (TPSA) is 75.7 Å². The second-order valence-corrected chi connectivity index (χ2v) is 6.96. The molecule has 0 saturated carbocycles. The third kappa shape index (κ3) is 4.57. The molecule has 1 unspecified atom stereocenters. The van der Waals surface area contributed by atoms with Crippen LogP contribution >= 0.6 is 0 Å². The van der Waals surface area contributed by atoms with Gasteiger partial charge in [0.2, 0.25) is 5.91 Å². The van der Waals surface area contributed by atoms with E-state index in [1.165, 1.54) is 6.92 Å². The molecule has 1 heterocycles. The van der Waals surface area contributed by atoms with Crippen molar-refractivity contribution < 1.29 is 19.1 Å². The lowest BCUT2D eigenvalue weighted by Crippen LogP contribution is -2.44. The third-order valence-electron chi connectivity index (χ3n) is 4.85.